The quantitative estimate of drug-likeness (QED) is 0.0422. The molecule has 3 aromatic rings. The first-order valence-corrected chi connectivity index (χ1v) is 26.5. The number of unbranched alkanes of at least 4 members (excludes halogenated alkanes) is 10. The number of esters is 2. The maximum atomic E-state index is 13.3. The molecule has 0 spiro atoms. The van der Waals surface area contributed by atoms with Crippen molar-refractivity contribution in [3.63, 3.8) is 0 Å². The Hall–Kier alpha value is -4.57. The molecule has 5 aliphatic rings. The van der Waals surface area contributed by atoms with Gasteiger partial charge in [0.15, 0.2) is 16.8 Å². The van der Waals surface area contributed by atoms with Crippen molar-refractivity contribution in [1.29, 1.82) is 0 Å². The van der Waals surface area contributed by atoms with Gasteiger partial charge in [0.05, 0.1) is 23.3 Å². The molecule has 15 heteroatoms. The van der Waals surface area contributed by atoms with E-state index >= 15 is 0 Å². The van der Waals surface area contributed by atoms with Crippen LogP contribution in [0.3, 0.4) is 0 Å². The van der Waals surface area contributed by atoms with Crippen molar-refractivity contribution < 1.29 is 58.9 Å². The number of Topliss-reactive ketones (excluding diaryl/α,β-unsaturated/α-hetero) is 1. The van der Waals surface area contributed by atoms with E-state index in [4.69, 9.17) is 25.5 Å². The van der Waals surface area contributed by atoms with Crippen LogP contribution in [0.15, 0.2) is 68.9 Å². The Bertz CT molecular complexity index is 2620. The van der Waals surface area contributed by atoms with Crippen LogP contribution in [-0.2, 0) is 23.9 Å². The highest BCUT2D eigenvalue weighted by atomic mass is 35.5. The van der Waals surface area contributed by atoms with Gasteiger partial charge in [0.2, 0.25) is 0 Å². The molecule has 0 bridgehead atoms. The second-order valence-corrected chi connectivity index (χ2v) is 22.3. The van der Waals surface area contributed by atoms with Crippen molar-refractivity contribution in [2.75, 3.05) is 26.7 Å². The largest absolute Gasteiger partial charge is 0.507 e. The fraction of sp³-hybridized carbons (Fsp3) is 0.614. The van der Waals surface area contributed by atoms with Gasteiger partial charge in [-0.05, 0) is 56.6 Å². The van der Waals surface area contributed by atoms with Gasteiger partial charge in [0, 0.05) is 84.6 Å². The van der Waals surface area contributed by atoms with Gasteiger partial charge in [0.1, 0.15) is 39.9 Å². The summed E-state index contributed by atoms with van der Waals surface area (Å²) in [5.74, 6) is -5.06. The zero-order valence-electron chi connectivity index (χ0n) is 43.0. The van der Waals surface area contributed by atoms with E-state index in [9.17, 15) is 49.8 Å². The molecule has 8 rings (SSSR count). The number of hydrogen-bond acceptors (Lipinski definition) is 14. The SMILES string of the molecule is CCCCCCCCCCCCCC(=O)O[C@@H]1[C@@H](C)[C@@]2(O)[C@@H](C=C(CO)C[C@]3(O)C(=O)C(C)=C[C@@H]23)[C@@H]2C(C)(C)[C@]12OC(C)=O.CN1CC[C@@H](c2c(O)cc(O)c3c(=O)cc(-c4ccccc4Cl)oc23)[C@@H](O)C1. The van der Waals surface area contributed by atoms with Crippen LogP contribution in [0.25, 0.3) is 22.3 Å². The number of piperidine rings is 1. The van der Waals surface area contributed by atoms with Gasteiger partial charge in [-0.3, -0.25) is 19.2 Å². The van der Waals surface area contributed by atoms with Crippen molar-refractivity contribution in [1.82, 2.24) is 4.90 Å². The van der Waals surface area contributed by atoms with Crippen molar-refractivity contribution in [2.45, 2.75) is 166 Å². The number of benzene rings is 2. The number of rotatable bonds is 17. The lowest BCUT2D eigenvalue weighted by Crippen LogP contribution is -2.66. The van der Waals surface area contributed by atoms with E-state index in [-0.39, 0.29) is 47.7 Å². The third kappa shape index (κ3) is 10.2. The van der Waals surface area contributed by atoms with Gasteiger partial charge in [-0.2, -0.15) is 0 Å². The highest BCUT2D eigenvalue weighted by Gasteiger charge is 2.87. The number of likely N-dealkylation sites (tertiary alicyclic amines) is 1. The maximum absolute atomic E-state index is 13.3. The van der Waals surface area contributed by atoms with Crippen molar-refractivity contribution in [3.8, 4) is 22.8 Å². The van der Waals surface area contributed by atoms with E-state index in [1.54, 1.807) is 50.3 Å². The molecule has 3 fully saturated rings. The van der Waals surface area contributed by atoms with Gasteiger partial charge in [0.25, 0.3) is 0 Å². The zero-order valence-corrected chi connectivity index (χ0v) is 43.8. The van der Waals surface area contributed by atoms with Crippen LogP contribution < -0.4 is 5.43 Å². The summed E-state index contributed by atoms with van der Waals surface area (Å²) in [7, 11) is 1.91. The number of carbonyl (C=O) groups is 3. The molecule has 72 heavy (non-hydrogen) atoms. The number of nitrogens with zero attached hydrogens (tertiary/aromatic N) is 1. The topological polar surface area (TPSA) is 224 Å². The van der Waals surface area contributed by atoms with Crippen LogP contribution in [0.5, 0.6) is 11.5 Å². The van der Waals surface area contributed by atoms with E-state index < -0.39 is 87.2 Å². The molecule has 14 nitrogen and oxygen atoms in total. The molecular formula is C57H76ClNO13. The van der Waals surface area contributed by atoms with Gasteiger partial charge >= 0.3 is 11.9 Å². The van der Waals surface area contributed by atoms with Crippen LogP contribution in [0.2, 0.25) is 5.02 Å². The number of aliphatic hydroxyl groups excluding tert-OH is 2. The number of halogens is 1. The monoisotopic (exact) mass is 1020 g/mol. The number of likely N-dealkylation sites (N-methyl/N-ethyl adjacent to an activating group) is 1. The number of aromatic hydroxyl groups is 2. The van der Waals surface area contributed by atoms with E-state index in [1.807, 2.05) is 25.8 Å². The molecule has 1 aliphatic heterocycles. The van der Waals surface area contributed by atoms with Gasteiger partial charge in [-0.25, -0.2) is 0 Å². The van der Waals surface area contributed by atoms with Crippen molar-refractivity contribution in [2.24, 2.45) is 29.1 Å². The summed E-state index contributed by atoms with van der Waals surface area (Å²) in [5.41, 5.74) is -4.22. The summed E-state index contributed by atoms with van der Waals surface area (Å²) >= 11 is 6.25. The molecule has 1 saturated heterocycles. The number of phenolic OH excluding ortho intramolecular Hbond substituents is 2. The number of ether oxygens (including phenoxy) is 2. The van der Waals surface area contributed by atoms with E-state index in [1.165, 1.54) is 57.9 Å². The summed E-state index contributed by atoms with van der Waals surface area (Å²) in [5, 5.41) is 66.6. The Balaban J connectivity index is 0.000000232. The van der Waals surface area contributed by atoms with Gasteiger partial charge in [-0.15, -0.1) is 0 Å². The number of ketones is 1. The first kappa shape index (κ1) is 55.2. The fourth-order valence-electron chi connectivity index (χ4n) is 13.1. The minimum absolute atomic E-state index is 0.0188. The van der Waals surface area contributed by atoms with Crippen LogP contribution >= 0.6 is 11.6 Å². The number of fused-ring (bicyclic) bond motifs is 6. The zero-order chi connectivity index (χ0) is 52.5. The Labute approximate surface area is 428 Å². The molecule has 394 valence electrons. The summed E-state index contributed by atoms with van der Waals surface area (Å²) in [6, 6.07) is 9.35. The molecule has 0 amide bonds. The van der Waals surface area contributed by atoms with E-state index in [0.717, 1.165) is 31.9 Å². The lowest BCUT2D eigenvalue weighted by atomic mass is 9.59. The molecule has 2 aromatic carbocycles. The molecule has 4 aliphatic carbocycles. The minimum Gasteiger partial charge on any atom is -0.507 e. The van der Waals surface area contributed by atoms with Gasteiger partial charge < -0.3 is 49.4 Å². The summed E-state index contributed by atoms with van der Waals surface area (Å²) in [6.07, 6.45) is 15.2. The van der Waals surface area contributed by atoms with Crippen LogP contribution in [0, 0.1) is 29.1 Å². The Morgan fingerprint density at radius 3 is 2.18 bits per heavy atom. The highest BCUT2D eigenvalue weighted by Crippen LogP contribution is 2.77. The summed E-state index contributed by atoms with van der Waals surface area (Å²) < 4.78 is 18.3. The summed E-state index contributed by atoms with van der Waals surface area (Å²) in [4.78, 5) is 53.9. The van der Waals surface area contributed by atoms with Crippen molar-refractivity contribution in [3.05, 3.63) is 80.5 Å². The number of β-amino-alcohol motifs (C(OH)–C–C–N with tert-alkyl or cyclic N) is 1. The molecule has 0 unspecified atom stereocenters. The Morgan fingerprint density at radius 1 is 0.931 bits per heavy atom. The van der Waals surface area contributed by atoms with Crippen LogP contribution in [0.4, 0.5) is 0 Å². The molecule has 6 N–H and O–H groups in total. The Kier molecular flexibility index (Phi) is 16.9. The molecule has 0 radical (unpaired) electrons. The molecule has 2 heterocycles. The first-order valence-electron chi connectivity index (χ1n) is 26.1. The van der Waals surface area contributed by atoms with E-state index in [0.29, 0.717) is 46.7 Å². The maximum Gasteiger partial charge on any atom is 0.306 e. The number of hydrogen-bond donors (Lipinski definition) is 6. The molecule has 10 atom stereocenters. The normalized spacial score (nSPS) is 30.4. The predicted octanol–water partition coefficient (Wildman–Crippen LogP) is 9.06. The van der Waals surface area contributed by atoms with Gasteiger partial charge in [-0.1, -0.05) is 128 Å². The lowest BCUT2D eigenvalue weighted by Gasteiger charge is -2.53. The molecule has 1 aromatic heterocycles. The fourth-order valence-corrected chi connectivity index (χ4v) is 13.3. The standard InChI is InChI=1S/C36H56O8.C21H20ClNO5/c1-7-8-9-10-11-12-13-14-15-16-17-18-29(39)43-32-24(3)35(42)27(30-33(5,6)36(30,32)44-25(4)38)20-26(22-37)21-34(41)28(35)19-23(2)31(34)40;1-23-7-6-12(17(27)10-23)19-14(24)8-15(25)20-16(26)9-18(28-21(19)20)11-4-2-3-5-13(11)22/h19-20,24,27-28,30,32,37,41-42H,7-18,21-22H2,1-6H3;2-5,8-9,12,17,24-25,27H,6-7,10H2,1H3/t24-,27+,28-,30-,32-,34-,35-,36-;12-,17+/m11/s1. The van der Waals surface area contributed by atoms with Crippen LogP contribution in [0.1, 0.15) is 143 Å². The second kappa shape index (κ2) is 22.1. The average Bonchev–Trinajstić information content (AvgIpc) is 3.74. The number of carbonyl (C=O) groups excluding carboxylic acids is 3. The van der Waals surface area contributed by atoms with Crippen LogP contribution in [-0.4, -0.2) is 109 Å². The lowest BCUT2D eigenvalue weighted by molar-refractivity contribution is -0.228. The minimum atomic E-state index is -1.93. The van der Waals surface area contributed by atoms with Crippen molar-refractivity contribution >= 4 is 40.3 Å². The Morgan fingerprint density at radius 2 is 1.57 bits per heavy atom. The average molecular weight is 1020 g/mol. The number of phenols is 2. The third-order valence-electron chi connectivity index (χ3n) is 16.8. The molecule has 2 saturated carbocycles. The smallest absolute Gasteiger partial charge is 0.306 e. The third-order valence-corrected chi connectivity index (χ3v) is 17.1. The molecular weight excluding hydrogens is 942 g/mol. The second-order valence-electron chi connectivity index (χ2n) is 21.9. The predicted molar refractivity (Wildman–Crippen MR) is 274 cm³/mol. The highest BCUT2D eigenvalue weighted by molar-refractivity contribution is 6.33. The first-order chi connectivity index (χ1) is 34.1. The number of aliphatic hydroxyl groups is 4. The van der Waals surface area contributed by atoms with E-state index in [2.05, 4.69) is 6.92 Å². The summed E-state index contributed by atoms with van der Waals surface area (Å²) in [6.45, 7) is 11.6.